The summed E-state index contributed by atoms with van der Waals surface area (Å²) >= 11 is 12.5. The number of hydrogen-bond acceptors (Lipinski definition) is 6. The largest absolute Gasteiger partial charge is 0.481 e. The fourth-order valence-corrected chi connectivity index (χ4v) is 4.40. The first-order chi connectivity index (χ1) is 15.3. The van der Waals surface area contributed by atoms with Crippen LogP contribution in [0.15, 0.2) is 35.1 Å². The number of halogens is 2. The first kappa shape index (κ1) is 24.4. The minimum atomic E-state index is -0.833. The number of hydrogen-bond donors (Lipinski definition) is 2. The highest BCUT2D eigenvalue weighted by molar-refractivity contribution is 6.43. The Balaban J connectivity index is 0.000000668. The predicted octanol–water partition coefficient (Wildman–Crippen LogP) is 3.79. The number of nitrogens with one attached hydrogen (secondary N) is 1. The molecule has 4 rings (SSSR count). The maximum Gasteiger partial charge on any atom is 0.307 e. The van der Waals surface area contributed by atoms with Crippen LogP contribution < -0.4 is 10.2 Å². The standard InChI is InChI=1S/C20H24Cl2N4O2.C2H4O2/c21-16-2-1-3-17(18(16)22)26-9-7-25(8-10-26)6-4-14-12-15(13-14)24-19(27)20-23-5-11-28-20;1-2(3)4/h1-3,5,11,14-15H,4,6-10,12-13H2,(H,24,27);1H3,(H,3,4). The summed E-state index contributed by atoms with van der Waals surface area (Å²) in [6, 6.07) is 6.05. The van der Waals surface area contributed by atoms with Crippen molar-refractivity contribution >= 4 is 40.8 Å². The van der Waals surface area contributed by atoms with Gasteiger partial charge >= 0.3 is 5.91 Å². The van der Waals surface area contributed by atoms with E-state index in [0.717, 1.165) is 58.2 Å². The van der Waals surface area contributed by atoms with Crippen LogP contribution in [-0.2, 0) is 4.79 Å². The summed E-state index contributed by atoms with van der Waals surface area (Å²) in [6.45, 7) is 6.15. The second-order valence-electron chi connectivity index (χ2n) is 8.05. The molecule has 0 unspecified atom stereocenters. The van der Waals surface area contributed by atoms with E-state index in [1.807, 2.05) is 18.2 Å². The Bertz CT molecular complexity index is 891. The van der Waals surface area contributed by atoms with E-state index in [-0.39, 0.29) is 17.8 Å². The van der Waals surface area contributed by atoms with Gasteiger partial charge < -0.3 is 19.7 Å². The highest BCUT2D eigenvalue weighted by Crippen LogP contribution is 2.33. The lowest BCUT2D eigenvalue weighted by molar-refractivity contribution is -0.134. The van der Waals surface area contributed by atoms with E-state index >= 15 is 0 Å². The Labute approximate surface area is 197 Å². The summed E-state index contributed by atoms with van der Waals surface area (Å²) in [6.07, 6.45) is 6.13. The number of benzene rings is 1. The molecule has 2 fully saturated rings. The van der Waals surface area contributed by atoms with Crippen LogP contribution in [0.2, 0.25) is 10.0 Å². The molecule has 1 saturated carbocycles. The zero-order valence-corrected chi connectivity index (χ0v) is 19.5. The van der Waals surface area contributed by atoms with E-state index in [1.165, 1.54) is 18.9 Å². The SMILES string of the molecule is CC(=O)O.O=C(NC1CC(CCN2CCN(c3cccc(Cl)c3Cl)CC2)C1)c1ncco1. The number of anilines is 1. The molecule has 0 bridgehead atoms. The van der Waals surface area contributed by atoms with E-state index in [4.69, 9.17) is 37.5 Å². The minimum absolute atomic E-state index is 0.140. The monoisotopic (exact) mass is 482 g/mol. The van der Waals surface area contributed by atoms with Gasteiger partial charge in [0.25, 0.3) is 11.9 Å². The van der Waals surface area contributed by atoms with Gasteiger partial charge in [-0.2, -0.15) is 0 Å². The number of piperazine rings is 1. The van der Waals surface area contributed by atoms with Crippen molar-refractivity contribution in [1.29, 1.82) is 0 Å². The number of carbonyl (C=O) groups is 2. The predicted molar refractivity (Wildman–Crippen MR) is 124 cm³/mol. The van der Waals surface area contributed by atoms with Crippen LogP contribution in [0.1, 0.15) is 36.9 Å². The molecule has 2 aliphatic rings. The van der Waals surface area contributed by atoms with Crippen LogP contribution in [0.3, 0.4) is 0 Å². The van der Waals surface area contributed by atoms with E-state index in [1.54, 1.807) is 0 Å². The number of carboxylic acid groups (broad SMARTS) is 1. The highest BCUT2D eigenvalue weighted by atomic mass is 35.5. The van der Waals surface area contributed by atoms with Crippen molar-refractivity contribution in [3.63, 3.8) is 0 Å². The molecule has 10 heteroatoms. The van der Waals surface area contributed by atoms with Crippen molar-refractivity contribution in [3.05, 3.63) is 46.6 Å². The van der Waals surface area contributed by atoms with Gasteiger partial charge in [-0.1, -0.05) is 29.3 Å². The van der Waals surface area contributed by atoms with Crippen LogP contribution in [0.5, 0.6) is 0 Å². The maximum atomic E-state index is 11.9. The van der Waals surface area contributed by atoms with Crippen LogP contribution in [0, 0.1) is 5.92 Å². The third kappa shape index (κ3) is 6.85. The highest BCUT2D eigenvalue weighted by Gasteiger charge is 2.31. The van der Waals surface area contributed by atoms with Crippen molar-refractivity contribution in [3.8, 4) is 0 Å². The fraction of sp³-hybridized carbons (Fsp3) is 0.500. The molecule has 32 heavy (non-hydrogen) atoms. The topological polar surface area (TPSA) is 98.9 Å². The lowest BCUT2D eigenvalue weighted by atomic mass is 9.78. The Morgan fingerprint density at radius 3 is 2.53 bits per heavy atom. The van der Waals surface area contributed by atoms with Crippen molar-refractivity contribution in [2.75, 3.05) is 37.6 Å². The maximum absolute atomic E-state index is 11.9. The third-order valence-corrected chi connectivity index (χ3v) is 6.50. The number of aliphatic carboxylic acids is 1. The van der Waals surface area contributed by atoms with Gasteiger partial charge in [0.1, 0.15) is 6.26 Å². The molecule has 174 valence electrons. The van der Waals surface area contributed by atoms with Gasteiger partial charge in [-0.3, -0.25) is 14.5 Å². The van der Waals surface area contributed by atoms with Crippen molar-refractivity contribution in [2.24, 2.45) is 5.92 Å². The number of oxazole rings is 1. The van der Waals surface area contributed by atoms with Gasteiger partial charge in [0.15, 0.2) is 0 Å². The Morgan fingerprint density at radius 1 is 1.22 bits per heavy atom. The molecule has 0 spiro atoms. The van der Waals surface area contributed by atoms with Gasteiger partial charge in [0.2, 0.25) is 0 Å². The summed E-state index contributed by atoms with van der Waals surface area (Å²) < 4.78 is 5.02. The molecule has 1 aromatic carbocycles. The molecule has 1 aliphatic heterocycles. The van der Waals surface area contributed by atoms with E-state index in [0.29, 0.717) is 16.0 Å². The van der Waals surface area contributed by atoms with E-state index in [9.17, 15) is 4.79 Å². The van der Waals surface area contributed by atoms with E-state index in [2.05, 4.69) is 20.1 Å². The third-order valence-electron chi connectivity index (χ3n) is 5.70. The number of rotatable bonds is 6. The zero-order valence-electron chi connectivity index (χ0n) is 18.0. The number of carboxylic acids is 1. The van der Waals surface area contributed by atoms with Crippen molar-refractivity contribution < 1.29 is 19.1 Å². The molecule has 8 nitrogen and oxygen atoms in total. The summed E-state index contributed by atoms with van der Waals surface area (Å²) in [5, 5.41) is 11.6. The van der Waals surface area contributed by atoms with Gasteiger partial charge in [0.05, 0.1) is 21.9 Å². The molecule has 2 heterocycles. The molecule has 0 radical (unpaired) electrons. The average molecular weight is 483 g/mol. The average Bonchev–Trinajstić information content (AvgIpc) is 3.27. The van der Waals surface area contributed by atoms with Crippen LogP contribution in [0.4, 0.5) is 5.69 Å². The van der Waals surface area contributed by atoms with E-state index < -0.39 is 5.97 Å². The molecule has 1 amide bonds. The lowest BCUT2D eigenvalue weighted by Crippen LogP contribution is -2.48. The van der Waals surface area contributed by atoms with Gasteiger partial charge in [0, 0.05) is 39.1 Å². The first-order valence-corrected chi connectivity index (χ1v) is 11.4. The van der Waals surface area contributed by atoms with Gasteiger partial charge in [-0.25, -0.2) is 4.98 Å². The second-order valence-corrected chi connectivity index (χ2v) is 8.84. The normalized spacial score (nSPS) is 20.7. The molecular weight excluding hydrogens is 455 g/mol. The zero-order chi connectivity index (χ0) is 23.1. The number of carbonyl (C=O) groups excluding carboxylic acids is 1. The van der Waals surface area contributed by atoms with Crippen LogP contribution >= 0.6 is 23.2 Å². The Morgan fingerprint density at radius 2 is 1.91 bits per heavy atom. The number of aromatic nitrogens is 1. The summed E-state index contributed by atoms with van der Waals surface area (Å²) in [5.74, 6) is -0.236. The minimum Gasteiger partial charge on any atom is -0.481 e. The quantitative estimate of drug-likeness (QED) is 0.645. The Kier molecular flexibility index (Phi) is 8.78. The summed E-state index contributed by atoms with van der Waals surface area (Å²) in [4.78, 5) is 29.6. The van der Waals surface area contributed by atoms with Crippen molar-refractivity contribution in [2.45, 2.75) is 32.2 Å². The van der Waals surface area contributed by atoms with Gasteiger partial charge in [-0.05, 0) is 43.9 Å². The summed E-state index contributed by atoms with van der Waals surface area (Å²) in [5.41, 5.74) is 1.03. The van der Waals surface area contributed by atoms with Gasteiger partial charge in [-0.15, -0.1) is 0 Å². The fourth-order valence-electron chi connectivity index (χ4n) is 3.99. The second kappa shape index (κ2) is 11.5. The van der Waals surface area contributed by atoms with Crippen LogP contribution in [-0.4, -0.2) is 65.6 Å². The molecule has 1 aliphatic carbocycles. The molecule has 2 N–H and O–H groups in total. The Hall–Kier alpha value is -2.29. The number of amides is 1. The molecular formula is C22H28Cl2N4O4. The molecule has 2 aromatic rings. The summed E-state index contributed by atoms with van der Waals surface area (Å²) in [7, 11) is 0. The lowest BCUT2D eigenvalue weighted by Gasteiger charge is -2.39. The molecule has 1 aromatic heterocycles. The molecule has 0 atom stereocenters. The van der Waals surface area contributed by atoms with Crippen LogP contribution in [0.25, 0.3) is 0 Å². The number of nitrogens with zero attached hydrogens (tertiary/aromatic N) is 3. The van der Waals surface area contributed by atoms with Crippen molar-refractivity contribution in [1.82, 2.24) is 15.2 Å². The smallest absolute Gasteiger partial charge is 0.307 e. The molecule has 1 saturated heterocycles. The first-order valence-electron chi connectivity index (χ1n) is 10.6.